The van der Waals surface area contributed by atoms with Gasteiger partial charge in [-0.3, -0.25) is 14.6 Å². The third-order valence-electron chi connectivity index (χ3n) is 6.44. The first-order chi connectivity index (χ1) is 13.5. The number of rotatable bonds is 2. The lowest BCUT2D eigenvalue weighted by atomic mass is 9.72. The van der Waals surface area contributed by atoms with Gasteiger partial charge in [-0.25, -0.2) is 0 Å². The first kappa shape index (κ1) is 19.2. The van der Waals surface area contributed by atoms with Crippen LogP contribution in [-0.4, -0.2) is 57.9 Å². The molecule has 2 fully saturated rings. The van der Waals surface area contributed by atoms with Gasteiger partial charge in [-0.05, 0) is 56.4 Å². The predicted molar refractivity (Wildman–Crippen MR) is 106 cm³/mol. The molecule has 7 heteroatoms. The van der Waals surface area contributed by atoms with Crippen molar-refractivity contribution >= 4 is 23.4 Å². The van der Waals surface area contributed by atoms with E-state index >= 15 is 0 Å². The van der Waals surface area contributed by atoms with Crippen LogP contribution in [0.15, 0.2) is 29.1 Å². The molecule has 0 unspecified atom stereocenters. The van der Waals surface area contributed by atoms with Gasteiger partial charge in [-0.15, -0.1) is 0 Å². The van der Waals surface area contributed by atoms with Gasteiger partial charge in [0.05, 0.1) is 11.8 Å². The fourth-order valence-corrected chi connectivity index (χ4v) is 5.13. The molecule has 1 aromatic rings. The minimum atomic E-state index is -0.0927. The van der Waals surface area contributed by atoms with Crippen molar-refractivity contribution in [1.82, 2.24) is 14.8 Å². The standard InChI is InChI=1S/C21H26ClN3O3/c22-18-4-1-3-17(18)20(28)25-8-2-5-21(14-25)6-9-24(10-7-21)19(27)15-11-16(26)13-23-12-15/h11-13,26H,1-10,14H2. The van der Waals surface area contributed by atoms with E-state index in [1.54, 1.807) is 0 Å². The van der Waals surface area contributed by atoms with Crippen molar-refractivity contribution in [3.05, 3.63) is 34.6 Å². The Kier molecular flexibility index (Phi) is 5.32. The first-order valence-corrected chi connectivity index (χ1v) is 10.5. The van der Waals surface area contributed by atoms with Crippen LogP contribution in [-0.2, 0) is 4.79 Å². The van der Waals surface area contributed by atoms with Gasteiger partial charge < -0.3 is 14.9 Å². The fourth-order valence-electron chi connectivity index (χ4n) is 4.82. The number of aromatic hydroxyl groups is 1. The molecule has 0 radical (unpaired) electrons. The Bertz CT molecular complexity index is 815. The highest BCUT2D eigenvalue weighted by atomic mass is 35.5. The Balaban J connectivity index is 1.40. The van der Waals surface area contributed by atoms with Crippen molar-refractivity contribution in [3.63, 3.8) is 0 Å². The normalized spacial score (nSPS) is 22.0. The van der Waals surface area contributed by atoms with Gasteiger partial charge in [0.15, 0.2) is 0 Å². The van der Waals surface area contributed by atoms with Crippen molar-refractivity contribution in [2.45, 2.75) is 44.9 Å². The van der Waals surface area contributed by atoms with Crippen LogP contribution in [0, 0.1) is 5.41 Å². The third kappa shape index (κ3) is 3.75. The molecular formula is C21H26ClN3O3. The third-order valence-corrected chi connectivity index (χ3v) is 6.86. The number of nitrogens with zero attached hydrogens (tertiary/aromatic N) is 3. The highest BCUT2D eigenvalue weighted by Crippen LogP contribution is 2.41. The number of aromatic nitrogens is 1. The maximum Gasteiger partial charge on any atom is 0.255 e. The van der Waals surface area contributed by atoms with E-state index in [-0.39, 0.29) is 23.0 Å². The zero-order valence-corrected chi connectivity index (χ0v) is 16.7. The maximum atomic E-state index is 12.9. The monoisotopic (exact) mass is 403 g/mol. The number of allylic oxidation sites excluding steroid dienone is 1. The Morgan fingerprint density at radius 1 is 1.00 bits per heavy atom. The van der Waals surface area contributed by atoms with Crippen molar-refractivity contribution in [2.24, 2.45) is 5.41 Å². The number of amides is 2. The minimum absolute atomic E-state index is 0.000595. The lowest BCUT2D eigenvalue weighted by Gasteiger charge is -2.47. The summed E-state index contributed by atoms with van der Waals surface area (Å²) in [6.07, 6.45) is 9.28. The number of hydrogen-bond donors (Lipinski definition) is 1. The summed E-state index contributed by atoms with van der Waals surface area (Å²) in [6.45, 7) is 2.89. The Morgan fingerprint density at radius 2 is 1.79 bits per heavy atom. The second-order valence-electron chi connectivity index (χ2n) is 8.29. The SMILES string of the molecule is O=C(C1=C(Cl)CCC1)N1CCCC2(CCN(C(=O)c3cncc(O)c3)CC2)C1. The van der Waals surface area contributed by atoms with Crippen LogP contribution < -0.4 is 0 Å². The second kappa shape index (κ2) is 7.74. The summed E-state index contributed by atoms with van der Waals surface area (Å²) in [6, 6.07) is 1.46. The van der Waals surface area contributed by atoms with E-state index in [1.807, 2.05) is 9.80 Å². The largest absolute Gasteiger partial charge is 0.506 e. The van der Waals surface area contributed by atoms with Crippen molar-refractivity contribution in [3.8, 4) is 5.75 Å². The average molecular weight is 404 g/mol. The highest BCUT2D eigenvalue weighted by Gasteiger charge is 2.41. The van der Waals surface area contributed by atoms with Crippen molar-refractivity contribution in [2.75, 3.05) is 26.2 Å². The molecule has 0 bridgehead atoms. The molecule has 150 valence electrons. The summed E-state index contributed by atoms with van der Waals surface area (Å²) in [7, 11) is 0. The molecule has 2 aliphatic heterocycles. The zero-order valence-electron chi connectivity index (χ0n) is 16.0. The minimum Gasteiger partial charge on any atom is -0.506 e. The molecule has 2 saturated heterocycles. The molecule has 1 spiro atoms. The molecule has 28 heavy (non-hydrogen) atoms. The highest BCUT2D eigenvalue weighted by molar-refractivity contribution is 6.32. The smallest absolute Gasteiger partial charge is 0.255 e. The molecule has 1 aromatic heterocycles. The van der Waals surface area contributed by atoms with Gasteiger partial charge in [0.1, 0.15) is 5.75 Å². The molecule has 1 aliphatic carbocycles. The Labute approximate surface area is 170 Å². The molecular weight excluding hydrogens is 378 g/mol. The lowest BCUT2D eigenvalue weighted by Crippen LogP contribution is -2.52. The van der Waals surface area contributed by atoms with Crippen LogP contribution in [0.25, 0.3) is 0 Å². The number of piperidine rings is 2. The lowest BCUT2D eigenvalue weighted by molar-refractivity contribution is -0.131. The van der Waals surface area contributed by atoms with Crippen LogP contribution in [0.4, 0.5) is 0 Å². The van der Waals surface area contributed by atoms with Crippen LogP contribution in [0.5, 0.6) is 5.75 Å². The second-order valence-corrected chi connectivity index (χ2v) is 8.75. The number of carbonyl (C=O) groups excluding carboxylic acids is 2. The summed E-state index contributed by atoms with van der Waals surface area (Å²) in [5, 5.41) is 10.3. The molecule has 1 N–H and O–H groups in total. The number of halogens is 1. The molecule has 3 heterocycles. The predicted octanol–water partition coefficient (Wildman–Crippen LogP) is 3.31. The number of pyridine rings is 1. The summed E-state index contributed by atoms with van der Waals surface area (Å²) < 4.78 is 0. The van der Waals surface area contributed by atoms with E-state index in [2.05, 4.69) is 4.98 Å². The average Bonchev–Trinajstić information content (AvgIpc) is 3.13. The topological polar surface area (TPSA) is 73.7 Å². The van der Waals surface area contributed by atoms with E-state index in [9.17, 15) is 14.7 Å². The maximum absolute atomic E-state index is 12.9. The summed E-state index contributed by atoms with van der Waals surface area (Å²) in [5.41, 5.74) is 1.31. The fraction of sp³-hybridized carbons (Fsp3) is 0.571. The first-order valence-electron chi connectivity index (χ1n) is 10.1. The van der Waals surface area contributed by atoms with Crippen LogP contribution in [0.3, 0.4) is 0 Å². The van der Waals surface area contributed by atoms with Gasteiger partial charge in [-0.2, -0.15) is 0 Å². The molecule has 0 atom stereocenters. The molecule has 0 saturated carbocycles. The van der Waals surface area contributed by atoms with Gasteiger partial charge >= 0.3 is 0 Å². The van der Waals surface area contributed by atoms with Crippen LogP contribution in [0.2, 0.25) is 0 Å². The van der Waals surface area contributed by atoms with Crippen molar-refractivity contribution in [1.29, 1.82) is 0 Å². The van der Waals surface area contributed by atoms with Gasteiger partial charge in [0.2, 0.25) is 0 Å². The Hall–Kier alpha value is -2.08. The van der Waals surface area contributed by atoms with Gasteiger partial charge in [0, 0.05) is 43.0 Å². The molecule has 4 rings (SSSR count). The molecule has 3 aliphatic rings. The van der Waals surface area contributed by atoms with E-state index in [4.69, 9.17) is 11.6 Å². The number of likely N-dealkylation sites (tertiary alicyclic amines) is 2. The van der Waals surface area contributed by atoms with E-state index < -0.39 is 0 Å². The summed E-state index contributed by atoms with van der Waals surface area (Å²) >= 11 is 6.26. The van der Waals surface area contributed by atoms with E-state index in [1.165, 1.54) is 18.5 Å². The molecule has 2 amide bonds. The van der Waals surface area contributed by atoms with Crippen molar-refractivity contribution < 1.29 is 14.7 Å². The summed E-state index contributed by atoms with van der Waals surface area (Å²) in [5.74, 6) is 0.0245. The quantitative estimate of drug-likeness (QED) is 0.822. The molecule has 0 aromatic carbocycles. The summed E-state index contributed by atoms with van der Waals surface area (Å²) in [4.78, 5) is 33.3. The van der Waals surface area contributed by atoms with E-state index in [0.717, 1.165) is 68.6 Å². The van der Waals surface area contributed by atoms with Crippen LogP contribution >= 0.6 is 11.6 Å². The number of carbonyl (C=O) groups is 2. The number of hydrogen-bond acceptors (Lipinski definition) is 4. The van der Waals surface area contributed by atoms with Gasteiger partial charge in [0.25, 0.3) is 11.8 Å². The zero-order chi connectivity index (χ0) is 19.7. The van der Waals surface area contributed by atoms with E-state index in [0.29, 0.717) is 18.7 Å². The van der Waals surface area contributed by atoms with Crippen LogP contribution in [0.1, 0.15) is 55.3 Å². The molecule has 6 nitrogen and oxygen atoms in total. The Morgan fingerprint density at radius 3 is 2.46 bits per heavy atom. The van der Waals surface area contributed by atoms with Gasteiger partial charge in [-0.1, -0.05) is 11.6 Å².